The standard InChI is InChI=1S/C40H78O4/c1-3-5-7-9-11-13-14-15-16-17-18-20-25-29-33-37-40(43)44-38(34-30-26-22-19-12-10-8-6-4-2)35-31-27-23-21-24-28-32-36-39(41)42/h38H,3-37H2,1-2H3,(H,41,42). The average molecular weight is 623 g/mol. The van der Waals surface area contributed by atoms with Gasteiger partial charge in [0.05, 0.1) is 0 Å². The molecule has 0 radical (unpaired) electrons. The Labute approximate surface area is 275 Å². The number of carboxylic acids is 1. The Bertz CT molecular complexity index is 590. The van der Waals surface area contributed by atoms with Crippen LogP contribution >= 0.6 is 0 Å². The lowest BCUT2D eigenvalue weighted by Gasteiger charge is -2.18. The van der Waals surface area contributed by atoms with Crippen LogP contribution in [0.2, 0.25) is 0 Å². The van der Waals surface area contributed by atoms with Gasteiger partial charge in [0, 0.05) is 12.8 Å². The quantitative estimate of drug-likeness (QED) is 0.0553. The van der Waals surface area contributed by atoms with Gasteiger partial charge in [-0.3, -0.25) is 9.59 Å². The second-order valence-corrected chi connectivity index (χ2v) is 13.8. The predicted molar refractivity (Wildman–Crippen MR) is 190 cm³/mol. The fourth-order valence-electron chi connectivity index (χ4n) is 6.36. The van der Waals surface area contributed by atoms with Crippen LogP contribution in [-0.4, -0.2) is 23.1 Å². The van der Waals surface area contributed by atoms with Crippen LogP contribution in [0.1, 0.15) is 239 Å². The molecule has 0 aromatic carbocycles. The van der Waals surface area contributed by atoms with Gasteiger partial charge in [-0.2, -0.15) is 0 Å². The predicted octanol–water partition coefficient (Wildman–Crippen LogP) is 13.7. The molecule has 44 heavy (non-hydrogen) atoms. The maximum atomic E-state index is 12.7. The van der Waals surface area contributed by atoms with Crippen LogP contribution in [0.25, 0.3) is 0 Å². The largest absolute Gasteiger partial charge is 0.481 e. The van der Waals surface area contributed by atoms with Gasteiger partial charge in [-0.1, -0.05) is 187 Å². The molecule has 4 heteroatoms. The highest BCUT2D eigenvalue weighted by Crippen LogP contribution is 2.19. The van der Waals surface area contributed by atoms with E-state index in [0.717, 1.165) is 51.4 Å². The van der Waals surface area contributed by atoms with Crippen molar-refractivity contribution in [3.63, 3.8) is 0 Å². The number of aliphatic carboxylic acids is 1. The van der Waals surface area contributed by atoms with E-state index in [-0.39, 0.29) is 12.1 Å². The van der Waals surface area contributed by atoms with Gasteiger partial charge in [-0.05, 0) is 38.5 Å². The van der Waals surface area contributed by atoms with E-state index in [1.807, 2.05) is 0 Å². The monoisotopic (exact) mass is 623 g/mol. The summed E-state index contributed by atoms with van der Waals surface area (Å²) in [5, 5.41) is 8.76. The maximum absolute atomic E-state index is 12.7. The van der Waals surface area contributed by atoms with Gasteiger partial charge in [0.2, 0.25) is 0 Å². The molecule has 0 aromatic heterocycles. The molecule has 0 aliphatic rings. The molecule has 0 aromatic rings. The van der Waals surface area contributed by atoms with Crippen molar-refractivity contribution >= 4 is 11.9 Å². The Hall–Kier alpha value is -1.06. The van der Waals surface area contributed by atoms with Crippen molar-refractivity contribution in [2.45, 2.75) is 245 Å². The van der Waals surface area contributed by atoms with Gasteiger partial charge >= 0.3 is 11.9 Å². The van der Waals surface area contributed by atoms with Crippen LogP contribution < -0.4 is 0 Å². The van der Waals surface area contributed by atoms with E-state index in [0.29, 0.717) is 12.8 Å². The molecule has 0 saturated carbocycles. The second-order valence-electron chi connectivity index (χ2n) is 13.8. The van der Waals surface area contributed by atoms with Crippen molar-refractivity contribution in [1.29, 1.82) is 0 Å². The number of hydrogen-bond acceptors (Lipinski definition) is 3. The third kappa shape index (κ3) is 35.4. The zero-order valence-corrected chi connectivity index (χ0v) is 30.0. The molecule has 0 amide bonds. The smallest absolute Gasteiger partial charge is 0.306 e. The van der Waals surface area contributed by atoms with Gasteiger partial charge in [0.25, 0.3) is 0 Å². The van der Waals surface area contributed by atoms with Crippen molar-refractivity contribution in [1.82, 2.24) is 0 Å². The van der Waals surface area contributed by atoms with E-state index in [9.17, 15) is 9.59 Å². The molecule has 0 bridgehead atoms. The molecule has 1 unspecified atom stereocenters. The molecule has 4 nitrogen and oxygen atoms in total. The number of unbranched alkanes of at least 4 members (excludes halogenated alkanes) is 28. The summed E-state index contributed by atoms with van der Waals surface area (Å²) < 4.78 is 6.03. The number of hydrogen-bond donors (Lipinski definition) is 1. The van der Waals surface area contributed by atoms with Crippen LogP contribution in [-0.2, 0) is 14.3 Å². The molecular formula is C40H78O4. The number of esters is 1. The summed E-state index contributed by atoms with van der Waals surface area (Å²) in [6.07, 6.45) is 42.7. The topological polar surface area (TPSA) is 63.6 Å². The lowest BCUT2D eigenvalue weighted by Crippen LogP contribution is -2.18. The van der Waals surface area contributed by atoms with E-state index in [1.54, 1.807) is 0 Å². The van der Waals surface area contributed by atoms with E-state index in [4.69, 9.17) is 9.84 Å². The SMILES string of the molecule is CCCCCCCCCCCCCCCCCC(=O)OC(CCCCCCCCCCC)CCCCCCCCCC(=O)O. The highest BCUT2D eigenvalue weighted by Gasteiger charge is 2.14. The summed E-state index contributed by atoms with van der Waals surface area (Å²) in [5.74, 6) is -0.656. The summed E-state index contributed by atoms with van der Waals surface area (Å²) >= 11 is 0. The molecule has 0 aliphatic carbocycles. The summed E-state index contributed by atoms with van der Waals surface area (Å²) in [5.41, 5.74) is 0. The van der Waals surface area contributed by atoms with Gasteiger partial charge in [0.1, 0.15) is 6.10 Å². The Kier molecular flexibility index (Phi) is 35.5. The maximum Gasteiger partial charge on any atom is 0.306 e. The first-order chi connectivity index (χ1) is 21.6. The number of ether oxygens (including phenoxy) is 1. The van der Waals surface area contributed by atoms with E-state index in [1.165, 1.54) is 161 Å². The normalized spacial score (nSPS) is 12.0. The van der Waals surface area contributed by atoms with E-state index < -0.39 is 5.97 Å². The number of rotatable bonds is 37. The summed E-state index contributed by atoms with van der Waals surface area (Å²) in [7, 11) is 0. The Morgan fingerprint density at radius 2 is 0.682 bits per heavy atom. The van der Waals surface area contributed by atoms with Crippen LogP contribution in [0.15, 0.2) is 0 Å². The average Bonchev–Trinajstić information content (AvgIpc) is 3.01. The first-order valence-electron chi connectivity index (χ1n) is 20.0. The minimum atomic E-state index is -0.683. The highest BCUT2D eigenvalue weighted by molar-refractivity contribution is 5.69. The fourth-order valence-corrected chi connectivity index (χ4v) is 6.36. The van der Waals surface area contributed by atoms with Gasteiger partial charge in [-0.25, -0.2) is 0 Å². The van der Waals surface area contributed by atoms with Gasteiger partial charge in [0.15, 0.2) is 0 Å². The molecule has 262 valence electrons. The molecule has 0 fully saturated rings. The highest BCUT2D eigenvalue weighted by atomic mass is 16.5. The third-order valence-electron chi connectivity index (χ3n) is 9.33. The first-order valence-corrected chi connectivity index (χ1v) is 20.0. The van der Waals surface area contributed by atoms with Crippen LogP contribution in [0.3, 0.4) is 0 Å². The van der Waals surface area contributed by atoms with Gasteiger partial charge in [-0.15, -0.1) is 0 Å². The summed E-state index contributed by atoms with van der Waals surface area (Å²) in [6, 6.07) is 0. The lowest BCUT2D eigenvalue weighted by molar-refractivity contribution is -0.150. The molecule has 0 saturated heterocycles. The molecule has 0 aliphatic heterocycles. The van der Waals surface area contributed by atoms with Crippen molar-refractivity contribution in [2.75, 3.05) is 0 Å². The fraction of sp³-hybridized carbons (Fsp3) is 0.950. The third-order valence-corrected chi connectivity index (χ3v) is 9.33. The molecule has 1 atom stereocenters. The minimum absolute atomic E-state index is 0.0269. The summed E-state index contributed by atoms with van der Waals surface area (Å²) in [6.45, 7) is 4.56. The van der Waals surface area contributed by atoms with Crippen molar-refractivity contribution in [3.05, 3.63) is 0 Å². The molecule has 0 spiro atoms. The zero-order valence-electron chi connectivity index (χ0n) is 30.0. The Morgan fingerprint density at radius 1 is 0.409 bits per heavy atom. The Morgan fingerprint density at radius 3 is 1.00 bits per heavy atom. The summed E-state index contributed by atoms with van der Waals surface area (Å²) in [4.78, 5) is 23.3. The second kappa shape index (κ2) is 36.4. The van der Waals surface area contributed by atoms with Crippen LogP contribution in [0.5, 0.6) is 0 Å². The Balaban J connectivity index is 3.97. The van der Waals surface area contributed by atoms with Crippen molar-refractivity contribution in [3.8, 4) is 0 Å². The number of carbonyl (C=O) groups excluding carboxylic acids is 1. The lowest BCUT2D eigenvalue weighted by atomic mass is 10.0. The molecular weight excluding hydrogens is 544 g/mol. The van der Waals surface area contributed by atoms with E-state index in [2.05, 4.69) is 13.8 Å². The van der Waals surface area contributed by atoms with Crippen LogP contribution in [0, 0.1) is 0 Å². The molecule has 0 rings (SSSR count). The van der Waals surface area contributed by atoms with Gasteiger partial charge < -0.3 is 9.84 Å². The first kappa shape index (κ1) is 42.9. The molecule has 0 heterocycles. The minimum Gasteiger partial charge on any atom is -0.481 e. The van der Waals surface area contributed by atoms with E-state index >= 15 is 0 Å². The van der Waals surface area contributed by atoms with Crippen molar-refractivity contribution < 1.29 is 19.4 Å². The van der Waals surface area contributed by atoms with Crippen molar-refractivity contribution in [2.24, 2.45) is 0 Å². The molecule has 1 N–H and O–H groups in total. The number of carbonyl (C=O) groups is 2. The number of carboxylic acid groups (broad SMARTS) is 1. The zero-order chi connectivity index (χ0) is 32.2. The van der Waals surface area contributed by atoms with Crippen LogP contribution in [0.4, 0.5) is 0 Å².